The summed E-state index contributed by atoms with van der Waals surface area (Å²) in [5.74, 6) is 0.463. The third kappa shape index (κ3) is 4.10. The van der Waals surface area contributed by atoms with E-state index in [9.17, 15) is 8.42 Å². The van der Waals surface area contributed by atoms with Gasteiger partial charge < -0.3 is 16.2 Å². The highest BCUT2D eigenvalue weighted by Crippen LogP contribution is 2.29. The molecule has 5 rings (SSSR count). The Morgan fingerprint density at radius 1 is 0.939 bits per heavy atom. The first kappa shape index (κ1) is 21.6. The minimum absolute atomic E-state index is 0.0462. The third-order valence-corrected chi connectivity index (χ3v) is 8.05. The van der Waals surface area contributed by atoms with Crippen LogP contribution in [0.1, 0.15) is 18.4 Å². The van der Waals surface area contributed by atoms with Crippen LogP contribution >= 0.6 is 0 Å². The lowest BCUT2D eigenvalue weighted by atomic mass is 10.1. The number of ether oxygens (including phenoxy) is 1. The number of nitrogens with zero attached hydrogens (tertiary/aromatic N) is 3. The van der Waals surface area contributed by atoms with Crippen LogP contribution in [0.25, 0.3) is 21.7 Å². The van der Waals surface area contributed by atoms with Crippen molar-refractivity contribution in [1.82, 2.24) is 14.3 Å². The number of rotatable bonds is 5. The molecule has 4 aromatic rings. The molecule has 4 N–H and O–H groups in total. The molecule has 1 aliphatic rings. The number of piperidine rings is 1. The van der Waals surface area contributed by atoms with E-state index in [1.54, 1.807) is 16.4 Å². The largest absolute Gasteiger partial charge is 0.383 e. The standard InChI is InChI=1S/C24H25N5O3S/c25-23-22-17(7-3-9-20(22)27-24(26)28-23)15-32-18-11-13-29(14-12-18)33(30,31)21-10-4-6-16-5-1-2-8-19(16)21/h1-10,18H,11-15H2,(H4,25,26,27,28). The maximum Gasteiger partial charge on any atom is 0.243 e. The van der Waals surface area contributed by atoms with Crippen molar-refractivity contribution in [3.63, 3.8) is 0 Å². The number of hydrogen-bond donors (Lipinski definition) is 2. The van der Waals surface area contributed by atoms with Gasteiger partial charge in [0.2, 0.25) is 16.0 Å². The fourth-order valence-corrected chi connectivity index (χ4v) is 6.11. The fourth-order valence-electron chi connectivity index (χ4n) is 4.43. The molecule has 0 aliphatic carbocycles. The molecule has 0 radical (unpaired) electrons. The molecule has 0 saturated carbocycles. The molecular formula is C24H25N5O3S. The number of nitrogens with two attached hydrogens (primary N) is 2. The number of benzene rings is 3. The van der Waals surface area contributed by atoms with E-state index in [-0.39, 0.29) is 12.1 Å². The molecular weight excluding hydrogens is 438 g/mol. The van der Waals surface area contributed by atoms with Gasteiger partial charge in [0.05, 0.1) is 23.1 Å². The second-order valence-corrected chi connectivity index (χ2v) is 10.1. The third-order valence-electron chi connectivity index (χ3n) is 6.10. The van der Waals surface area contributed by atoms with E-state index in [0.717, 1.165) is 21.7 Å². The topological polar surface area (TPSA) is 124 Å². The normalized spacial score (nSPS) is 15.9. The summed E-state index contributed by atoms with van der Waals surface area (Å²) in [7, 11) is -3.58. The lowest BCUT2D eigenvalue weighted by Gasteiger charge is -2.31. The van der Waals surface area contributed by atoms with Crippen molar-refractivity contribution < 1.29 is 13.2 Å². The van der Waals surface area contributed by atoms with Gasteiger partial charge in [0.15, 0.2) is 0 Å². The van der Waals surface area contributed by atoms with Crippen molar-refractivity contribution in [3.05, 3.63) is 66.2 Å². The maximum absolute atomic E-state index is 13.3. The van der Waals surface area contributed by atoms with Crippen LogP contribution in [0.2, 0.25) is 0 Å². The average Bonchev–Trinajstić information content (AvgIpc) is 2.82. The van der Waals surface area contributed by atoms with E-state index < -0.39 is 10.0 Å². The van der Waals surface area contributed by atoms with Gasteiger partial charge in [0.1, 0.15) is 5.82 Å². The summed E-state index contributed by atoms with van der Waals surface area (Å²) in [4.78, 5) is 8.65. The Morgan fingerprint density at radius 2 is 1.67 bits per heavy atom. The predicted molar refractivity (Wildman–Crippen MR) is 129 cm³/mol. The van der Waals surface area contributed by atoms with Crippen LogP contribution in [0.5, 0.6) is 0 Å². The predicted octanol–water partition coefficient (Wildman–Crippen LogP) is 3.32. The summed E-state index contributed by atoms with van der Waals surface area (Å²) in [5.41, 5.74) is 13.3. The maximum atomic E-state index is 13.3. The summed E-state index contributed by atoms with van der Waals surface area (Å²) in [5, 5.41) is 2.40. The molecule has 0 unspecified atom stereocenters. The van der Waals surface area contributed by atoms with Gasteiger partial charge in [0.25, 0.3) is 0 Å². The number of sulfonamides is 1. The van der Waals surface area contributed by atoms with Gasteiger partial charge in [-0.1, -0.05) is 48.5 Å². The van der Waals surface area contributed by atoms with Crippen molar-refractivity contribution in [2.24, 2.45) is 0 Å². The number of aromatic nitrogens is 2. The highest BCUT2D eigenvalue weighted by atomic mass is 32.2. The number of anilines is 2. The van der Waals surface area contributed by atoms with Gasteiger partial charge in [0, 0.05) is 23.9 Å². The fraction of sp³-hybridized carbons (Fsp3) is 0.250. The van der Waals surface area contributed by atoms with Crippen molar-refractivity contribution >= 4 is 43.5 Å². The molecule has 1 fully saturated rings. The van der Waals surface area contributed by atoms with Crippen molar-refractivity contribution in [2.75, 3.05) is 24.6 Å². The van der Waals surface area contributed by atoms with Crippen LogP contribution < -0.4 is 11.5 Å². The van der Waals surface area contributed by atoms with Gasteiger partial charge in [-0.25, -0.2) is 13.4 Å². The Hall–Kier alpha value is -3.27. The van der Waals surface area contributed by atoms with Gasteiger partial charge in [-0.3, -0.25) is 0 Å². The Bertz CT molecular complexity index is 1430. The lowest BCUT2D eigenvalue weighted by Crippen LogP contribution is -2.40. The number of fused-ring (bicyclic) bond motifs is 2. The molecule has 8 nitrogen and oxygen atoms in total. The van der Waals surface area contributed by atoms with Crippen LogP contribution in [0.4, 0.5) is 11.8 Å². The Labute approximate surface area is 192 Å². The van der Waals surface area contributed by atoms with Crippen LogP contribution in [0.3, 0.4) is 0 Å². The average molecular weight is 464 g/mol. The van der Waals surface area contributed by atoms with E-state index in [1.807, 2.05) is 48.5 Å². The molecule has 2 heterocycles. The van der Waals surface area contributed by atoms with Crippen LogP contribution in [-0.2, 0) is 21.4 Å². The highest BCUT2D eigenvalue weighted by molar-refractivity contribution is 7.89. The zero-order valence-corrected chi connectivity index (χ0v) is 18.8. The Balaban J connectivity index is 1.28. The molecule has 0 amide bonds. The molecule has 0 bridgehead atoms. The SMILES string of the molecule is Nc1nc(N)c2c(COC3CCN(S(=O)(=O)c4cccc5ccccc45)CC3)cccc2n1. The van der Waals surface area contributed by atoms with Crippen LogP contribution in [0, 0.1) is 0 Å². The minimum atomic E-state index is -3.58. The van der Waals surface area contributed by atoms with E-state index in [2.05, 4.69) is 9.97 Å². The molecule has 9 heteroatoms. The van der Waals surface area contributed by atoms with Gasteiger partial charge in [-0.05, 0) is 35.9 Å². The van der Waals surface area contributed by atoms with Crippen molar-refractivity contribution in [3.8, 4) is 0 Å². The van der Waals surface area contributed by atoms with Crippen LogP contribution in [-0.4, -0.2) is 41.9 Å². The van der Waals surface area contributed by atoms with Crippen molar-refractivity contribution in [2.45, 2.75) is 30.4 Å². The van der Waals surface area contributed by atoms with Gasteiger partial charge in [-0.2, -0.15) is 9.29 Å². The molecule has 33 heavy (non-hydrogen) atoms. The molecule has 1 saturated heterocycles. The lowest BCUT2D eigenvalue weighted by molar-refractivity contribution is 0.0107. The summed E-state index contributed by atoms with van der Waals surface area (Å²) in [6, 6.07) is 18.6. The first-order chi connectivity index (χ1) is 15.9. The highest BCUT2D eigenvalue weighted by Gasteiger charge is 2.30. The number of nitrogen functional groups attached to an aromatic ring is 2. The second kappa shape index (κ2) is 8.58. The van der Waals surface area contributed by atoms with E-state index >= 15 is 0 Å². The molecule has 0 spiro atoms. The minimum Gasteiger partial charge on any atom is -0.383 e. The Morgan fingerprint density at radius 3 is 2.48 bits per heavy atom. The zero-order valence-electron chi connectivity index (χ0n) is 18.0. The van der Waals surface area contributed by atoms with E-state index in [1.165, 1.54) is 0 Å². The zero-order chi connectivity index (χ0) is 23.0. The smallest absolute Gasteiger partial charge is 0.243 e. The van der Waals surface area contributed by atoms with Gasteiger partial charge in [-0.15, -0.1) is 0 Å². The quantitative estimate of drug-likeness (QED) is 0.465. The second-order valence-electron chi connectivity index (χ2n) is 8.17. The monoisotopic (exact) mass is 463 g/mol. The number of hydrogen-bond acceptors (Lipinski definition) is 7. The molecule has 170 valence electrons. The molecule has 3 aromatic carbocycles. The van der Waals surface area contributed by atoms with Crippen LogP contribution in [0.15, 0.2) is 65.6 Å². The van der Waals surface area contributed by atoms with E-state index in [0.29, 0.717) is 48.8 Å². The van der Waals surface area contributed by atoms with E-state index in [4.69, 9.17) is 16.2 Å². The van der Waals surface area contributed by atoms with Gasteiger partial charge >= 0.3 is 0 Å². The first-order valence-corrected chi connectivity index (χ1v) is 12.3. The summed E-state index contributed by atoms with van der Waals surface area (Å²) >= 11 is 0. The molecule has 1 aromatic heterocycles. The molecule has 0 atom stereocenters. The molecule has 1 aliphatic heterocycles. The summed E-state index contributed by atoms with van der Waals surface area (Å²) in [6.45, 7) is 1.16. The first-order valence-electron chi connectivity index (χ1n) is 10.8. The van der Waals surface area contributed by atoms with Crippen molar-refractivity contribution in [1.29, 1.82) is 0 Å². The summed E-state index contributed by atoms with van der Waals surface area (Å²) in [6.07, 6.45) is 1.19. The summed E-state index contributed by atoms with van der Waals surface area (Å²) < 4.78 is 34.4. The Kier molecular flexibility index (Phi) is 5.61.